The van der Waals surface area contributed by atoms with Crippen molar-refractivity contribution in [2.24, 2.45) is 0 Å². The number of nitriles is 1. The lowest BCUT2D eigenvalue weighted by Gasteiger charge is -2.24. The lowest BCUT2D eigenvalue weighted by molar-refractivity contribution is -0.133. The summed E-state index contributed by atoms with van der Waals surface area (Å²) in [6.07, 6.45) is 3.25. The fraction of sp³-hybridized carbons (Fsp3) is 0.550. The van der Waals surface area contributed by atoms with Crippen LogP contribution in [0, 0.1) is 18.3 Å². The topological polar surface area (TPSA) is 94.5 Å². The second-order valence-corrected chi connectivity index (χ2v) is 7.18. The molecule has 0 saturated carbocycles. The molecular weight excluding hydrogens is 344 g/mol. The number of nitrogens with one attached hydrogen (secondary N) is 2. The second kappa shape index (κ2) is 8.40. The van der Waals surface area contributed by atoms with Gasteiger partial charge in [-0.3, -0.25) is 14.9 Å². The number of likely N-dealkylation sites (tertiary alicyclic amines) is 1. The molecule has 0 unspecified atom stereocenters. The summed E-state index contributed by atoms with van der Waals surface area (Å²) < 4.78 is 5.93. The first kappa shape index (κ1) is 19.2. The van der Waals surface area contributed by atoms with Gasteiger partial charge in [0.2, 0.25) is 5.91 Å². The molecule has 27 heavy (non-hydrogen) atoms. The summed E-state index contributed by atoms with van der Waals surface area (Å²) in [6, 6.07) is 7.14. The van der Waals surface area contributed by atoms with Crippen LogP contribution in [0.4, 0.5) is 0 Å². The Labute approximate surface area is 159 Å². The third kappa shape index (κ3) is 4.22. The van der Waals surface area contributed by atoms with Gasteiger partial charge in [-0.25, -0.2) is 0 Å². The van der Waals surface area contributed by atoms with E-state index in [1.165, 1.54) is 0 Å². The van der Waals surface area contributed by atoms with Crippen molar-refractivity contribution in [1.82, 2.24) is 15.5 Å². The highest BCUT2D eigenvalue weighted by Crippen LogP contribution is 2.24. The van der Waals surface area contributed by atoms with Gasteiger partial charge in [0.1, 0.15) is 18.4 Å². The third-order valence-corrected chi connectivity index (χ3v) is 5.34. The van der Waals surface area contributed by atoms with Crippen LogP contribution in [0.25, 0.3) is 0 Å². The van der Waals surface area contributed by atoms with Gasteiger partial charge in [-0.1, -0.05) is 6.07 Å². The van der Waals surface area contributed by atoms with Crippen LogP contribution in [0.1, 0.15) is 41.6 Å². The van der Waals surface area contributed by atoms with Crippen molar-refractivity contribution >= 4 is 11.8 Å². The molecule has 0 aliphatic carbocycles. The van der Waals surface area contributed by atoms with Crippen molar-refractivity contribution in [3.05, 3.63) is 29.3 Å². The lowest BCUT2D eigenvalue weighted by Crippen LogP contribution is -2.47. The number of hydrogen-bond donors (Lipinski definition) is 2. The van der Waals surface area contributed by atoms with E-state index in [1.54, 1.807) is 24.1 Å². The monoisotopic (exact) mass is 370 g/mol. The van der Waals surface area contributed by atoms with Gasteiger partial charge in [-0.05, 0) is 50.3 Å². The quantitative estimate of drug-likeness (QED) is 0.816. The van der Waals surface area contributed by atoms with E-state index in [-0.39, 0.29) is 29.9 Å². The molecule has 0 bridgehead atoms. The number of carbonyl (C=O) groups excluding carboxylic acids is 2. The van der Waals surface area contributed by atoms with Gasteiger partial charge in [0, 0.05) is 25.2 Å². The second-order valence-electron chi connectivity index (χ2n) is 7.18. The van der Waals surface area contributed by atoms with E-state index in [1.807, 2.05) is 13.0 Å². The van der Waals surface area contributed by atoms with Gasteiger partial charge < -0.3 is 15.0 Å². The summed E-state index contributed by atoms with van der Waals surface area (Å²) in [5, 5.41) is 15.1. The molecule has 2 amide bonds. The molecule has 2 heterocycles. The van der Waals surface area contributed by atoms with Crippen molar-refractivity contribution in [1.29, 1.82) is 5.26 Å². The Balaban J connectivity index is 1.56. The first-order valence-corrected chi connectivity index (χ1v) is 9.45. The number of carbonyl (C=O) groups is 2. The molecule has 3 rings (SSSR count). The average molecular weight is 370 g/mol. The fourth-order valence-electron chi connectivity index (χ4n) is 3.74. The zero-order valence-electron chi connectivity index (χ0n) is 15.8. The lowest BCUT2D eigenvalue weighted by atomic mass is 10.1. The molecule has 3 atom stereocenters. The number of hydrogen-bond acceptors (Lipinski definition) is 5. The largest absolute Gasteiger partial charge is 0.492 e. The average Bonchev–Trinajstić information content (AvgIpc) is 3.35. The van der Waals surface area contributed by atoms with Crippen molar-refractivity contribution < 1.29 is 14.3 Å². The van der Waals surface area contributed by atoms with Crippen molar-refractivity contribution in [3.63, 3.8) is 0 Å². The smallest absolute Gasteiger partial charge is 0.251 e. The SMILES string of the molecule is CNC(=O)c1ccc(C)c(OC[C@H]2CC[C@@H](C(=O)N3CCC[C@H]3C#N)N2)c1. The van der Waals surface area contributed by atoms with Gasteiger partial charge in [-0.2, -0.15) is 5.26 Å². The molecule has 2 aliphatic rings. The van der Waals surface area contributed by atoms with Crippen LogP contribution >= 0.6 is 0 Å². The number of aryl methyl sites for hydroxylation is 1. The summed E-state index contributed by atoms with van der Waals surface area (Å²) in [5.41, 5.74) is 1.52. The normalized spacial score (nSPS) is 24.5. The Kier molecular flexibility index (Phi) is 5.97. The fourth-order valence-corrected chi connectivity index (χ4v) is 3.74. The highest BCUT2D eigenvalue weighted by atomic mass is 16.5. The van der Waals surface area contributed by atoms with Gasteiger partial charge in [0.05, 0.1) is 12.1 Å². The Hall–Kier alpha value is -2.59. The maximum atomic E-state index is 12.7. The van der Waals surface area contributed by atoms with Crippen LogP contribution in [-0.2, 0) is 4.79 Å². The summed E-state index contributed by atoms with van der Waals surface area (Å²) in [5.74, 6) is 0.554. The van der Waals surface area contributed by atoms with Crippen LogP contribution in [0.15, 0.2) is 18.2 Å². The molecule has 2 saturated heterocycles. The van der Waals surface area contributed by atoms with E-state index in [0.717, 1.165) is 31.2 Å². The highest BCUT2D eigenvalue weighted by Gasteiger charge is 2.36. The van der Waals surface area contributed by atoms with Crippen molar-refractivity contribution in [2.45, 2.75) is 50.7 Å². The minimum Gasteiger partial charge on any atom is -0.492 e. The molecule has 2 aliphatic heterocycles. The van der Waals surface area contributed by atoms with E-state index in [0.29, 0.717) is 24.5 Å². The van der Waals surface area contributed by atoms with Gasteiger partial charge in [0.15, 0.2) is 0 Å². The molecule has 7 nitrogen and oxygen atoms in total. The summed E-state index contributed by atoms with van der Waals surface area (Å²) in [4.78, 5) is 26.2. The molecule has 0 aromatic heterocycles. The third-order valence-electron chi connectivity index (χ3n) is 5.34. The number of nitrogens with zero attached hydrogens (tertiary/aromatic N) is 2. The van der Waals surface area contributed by atoms with E-state index < -0.39 is 0 Å². The number of amides is 2. The van der Waals surface area contributed by atoms with Gasteiger partial charge in [0.25, 0.3) is 5.91 Å². The number of ether oxygens (including phenoxy) is 1. The standard InChI is InChI=1S/C20H26N4O3/c1-13-5-6-14(19(25)22-2)10-18(13)27-12-15-7-8-17(23-15)20(26)24-9-3-4-16(24)11-21/h5-6,10,15-17,23H,3-4,7-9,12H2,1-2H3,(H,22,25)/t15-,16+,17+/m1/s1. The molecule has 2 fully saturated rings. The Morgan fingerprint density at radius 3 is 2.93 bits per heavy atom. The highest BCUT2D eigenvalue weighted by molar-refractivity contribution is 5.94. The van der Waals surface area contributed by atoms with Crippen LogP contribution < -0.4 is 15.4 Å². The zero-order chi connectivity index (χ0) is 19.4. The van der Waals surface area contributed by atoms with E-state index in [2.05, 4.69) is 16.7 Å². The molecule has 7 heteroatoms. The van der Waals surface area contributed by atoms with Crippen molar-refractivity contribution in [3.8, 4) is 11.8 Å². The molecule has 1 aromatic carbocycles. The van der Waals surface area contributed by atoms with Crippen LogP contribution in [0.5, 0.6) is 5.75 Å². The van der Waals surface area contributed by atoms with E-state index in [4.69, 9.17) is 4.74 Å². The van der Waals surface area contributed by atoms with Crippen LogP contribution in [0.3, 0.4) is 0 Å². The molecular formula is C20H26N4O3. The van der Waals surface area contributed by atoms with E-state index >= 15 is 0 Å². The molecule has 2 N–H and O–H groups in total. The predicted molar refractivity (Wildman–Crippen MR) is 100 cm³/mol. The van der Waals surface area contributed by atoms with E-state index in [9.17, 15) is 14.9 Å². The first-order chi connectivity index (χ1) is 13.0. The Morgan fingerprint density at radius 1 is 1.37 bits per heavy atom. The van der Waals surface area contributed by atoms with Crippen molar-refractivity contribution in [2.75, 3.05) is 20.2 Å². The number of benzene rings is 1. The molecule has 0 spiro atoms. The predicted octanol–water partition coefficient (Wildman–Crippen LogP) is 1.37. The van der Waals surface area contributed by atoms with Crippen LogP contribution in [-0.4, -0.2) is 55.0 Å². The maximum Gasteiger partial charge on any atom is 0.251 e. The maximum absolute atomic E-state index is 12.7. The van der Waals surface area contributed by atoms with Gasteiger partial charge in [-0.15, -0.1) is 0 Å². The number of rotatable bonds is 5. The summed E-state index contributed by atoms with van der Waals surface area (Å²) in [7, 11) is 1.60. The molecule has 0 radical (unpaired) electrons. The molecule has 144 valence electrons. The molecule has 1 aromatic rings. The van der Waals surface area contributed by atoms with Gasteiger partial charge >= 0.3 is 0 Å². The zero-order valence-corrected chi connectivity index (χ0v) is 15.8. The first-order valence-electron chi connectivity index (χ1n) is 9.45. The Morgan fingerprint density at radius 2 is 2.19 bits per heavy atom. The Bertz CT molecular complexity index is 758. The van der Waals surface area contributed by atoms with Crippen LogP contribution in [0.2, 0.25) is 0 Å². The minimum atomic E-state index is -0.287. The summed E-state index contributed by atoms with van der Waals surface area (Å²) in [6.45, 7) is 3.04. The summed E-state index contributed by atoms with van der Waals surface area (Å²) >= 11 is 0. The minimum absolute atomic E-state index is 0.0272.